The first-order chi connectivity index (χ1) is 10.0. The van der Waals surface area contributed by atoms with Gasteiger partial charge in [0.1, 0.15) is 12.3 Å². The zero-order valence-electron chi connectivity index (χ0n) is 11.8. The van der Waals surface area contributed by atoms with Crippen LogP contribution in [0.1, 0.15) is 6.92 Å². The third kappa shape index (κ3) is 3.75. The highest BCUT2D eigenvalue weighted by Gasteiger charge is 2.33. The van der Waals surface area contributed by atoms with Crippen LogP contribution in [0.3, 0.4) is 0 Å². The molecule has 1 aromatic rings. The second-order valence-corrected chi connectivity index (χ2v) is 5.88. The monoisotopic (exact) mass is 308 g/mol. The third-order valence-electron chi connectivity index (χ3n) is 3.03. The van der Waals surface area contributed by atoms with Crippen LogP contribution in [0.4, 0.5) is 5.69 Å². The van der Waals surface area contributed by atoms with E-state index in [0.717, 1.165) is 4.90 Å². The van der Waals surface area contributed by atoms with Crippen LogP contribution in [0.2, 0.25) is 0 Å². The zero-order valence-corrected chi connectivity index (χ0v) is 12.6. The Hall–Kier alpha value is -2.02. The molecule has 0 unspecified atom stereocenters. The maximum absolute atomic E-state index is 12.0. The lowest BCUT2D eigenvalue weighted by molar-refractivity contribution is -0.145. The summed E-state index contributed by atoms with van der Waals surface area (Å²) in [6, 6.07) is 6.87. The molecule has 112 valence electrons. The van der Waals surface area contributed by atoms with Crippen LogP contribution in [0, 0.1) is 0 Å². The second kappa shape index (κ2) is 6.62. The Labute approximate surface area is 126 Å². The Kier molecular flexibility index (Phi) is 4.85. The van der Waals surface area contributed by atoms with E-state index in [4.69, 9.17) is 4.74 Å². The number of amides is 3. The van der Waals surface area contributed by atoms with Gasteiger partial charge in [-0.25, -0.2) is 0 Å². The van der Waals surface area contributed by atoms with Gasteiger partial charge in [-0.05, 0) is 19.1 Å². The van der Waals surface area contributed by atoms with Gasteiger partial charge >= 0.3 is 0 Å². The lowest BCUT2D eigenvalue weighted by Crippen LogP contribution is -2.49. The number of nitrogens with one attached hydrogen (secondary N) is 1. The van der Waals surface area contributed by atoms with E-state index in [0.29, 0.717) is 11.4 Å². The van der Waals surface area contributed by atoms with Gasteiger partial charge in [-0.3, -0.25) is 19.3 Å². The van der Waals surface area contributed by atoms with Crippen LogP contribution in [0.25, 0.3) is 0 Å². The number of anilines is 1. The van der Waals surface area contributed by atoms with Crippen LogP contribution in [-0.4, -0.2) is 47.3 Å². The summed E-state index contributed by atoms with van der Waals surface area (Å²) in [5.74, 6) is -0.229. The zero-order chi connectivity index (χ0) is 15.4. The molecular formula is C14H16N2O4S. The van der Waals surface area contributed by atoms with Crippen molar-refractivity contribution in [2.75, 3.05) is 24.7 Å². The number of benzene rings is 1. The van der Waals surface area contributed by atoms with Crippen molar-refractivity contribution in [3.8, 4) is 5.75 Å². The molecule has 1 aliphatic heterocycles. The van der Waals surface area contributed by atoms with Crippen molar-refractivity contribution in [3.05, 3.63) is 24.3 Å². The average Bonchev–Trinajstić information content (AvgIpc) is 2.48. The second-order valence-electron chi connectivity index (χ2n) is 4.55. The van der Waals surface area contributed by atoms with E-state index >= 15 is 0 Å². The minimum atomic E-state index is -0.413. The van der Waals surface area contributed by atoms with Gasteiger partial charge in [-0.15, -0.1) is 11.8 Å². The fourth-order valence-electron chi connectivity index (χ4n) is 1.90. The third-order valence-corrected chi connectivity index (χ3v) is 4.14. The standard InChI is InChI=1S/C14H16N2O4S/c1-9-14(19)16(13(18)8-21-9)7-12(17)15-10-4-3-5-11(6-10)20-2/h3-6,9H,7-8H2,1-2H3,(H,15,17)/t9-/m0/s1. The molecule has 1 saturated heterocycles. The van der Waals surface area contributed by atoms with Gasteiger partial charge in [0.2, 0.25) is 17.7 Å². The summed E-state index contributed by atoms with van der Waals surface area (Å²) >= 11 is 1.29. The smallest absolute Gasteiger partial charge is 0.244 e. The van der Waals surface area contributed by atoms with Crippen molar-refractivity contribution in [3.63, 3.8) is 0 Å². The molecule has 3 amide bonds. The number of carbonyl (C=O) groups is 3. The summed E-state index contributed by atoms with van der Waals surface area (Å²) in [6.45, 7) is 1.46. The molecule has 1 aromatic carbocycles. The van der Waals surface area contributed by atoms with E-state index in [2.05, 4.69) is 5.32 Å². The van der Waals surface area contributed by atoms with Gasteiger partial charge in [0.05, 0.1) is 18.1 Å². The van der Waals surface area contributed by atoms with Crippen molar-refractivity contribution in [2.24, 2.45) is 0 Å². The molecule has 0 radical (unpaired) electrons. The minimum absolute atomic E-state index is 0.222. The van der Waals surface area contributed by atoms with Crippen LogP contribution in [0.15, 0.2) is 24.3 Å². The summed E-state index contributed by atoms with van der Waals surface area (Å²) in [5, 5.41) is 2.35. The van der Waals surface area contributed by atoms with E-state index < -0.39 is 5.91 Å². The highest BCUT2D eigenvalue weighted by molar-refractivity contribution is 8.01. The topological polar surface area (TPSA) is 75.7 Å². The summed E-state index contributed by atoms with van der Waals surface area (Å²) < 4.78 is 5.06. The lowest BCUT2D eigenvalue weighted by Gasteiger charge is -2.27. The number of ether oxygens (including phenoxy) is 1. The number of imide groups is 1. The fraction of sp³-hybridized carbons (Fsp3) is 0.357. The number of nitrogens with zero attached hydrogens (tertiary/aromatic N) is 1. The predicted molar refractivity (Wildman–Crippen MR) is 80.3 cm³/mol. The van der Waals surface area contributed by atoms with E-state index in [1.807, 2.05) is 0 Å². The molecule has 1 fully saturated rings. The number of thioether (sulfide) groups is 1. The van der Waals surface area contributed by atoms with E-state index in [-0.39, 0.29) is 29.4 Å². The van der Waals surface area contributed by atoms with Crippen molar-refractivity contribution >= 4 is 35.2 Å². The molecular weight excluding hydrogens is 292 g/mol. The Morgan fingerprint density at radius 3 is 2.95 bits per heavy atom. The average molecular weight is 308 g/mol. The Morgan fingerprint density at radius 2 is 2.24 bits per heavy atom. The molecule has 0 saturated carbocycles. The van der Waals surface area contributed by atoms with Crippen LogP contribution in [0.5, 0.6) is 5.75 Å². The van der Waals surface area contributed by atoms with Crippen molar-refractivity contribution in [1.82, 2.24) is 4.90 Å². The molecule has 21 heavy (non-hydrogen) atoms. The molecule has 0 aromatic heterocycles. The first kappa shape index (κ1) is 15.4. The normalized spacial score (nSPS) is 18.6. The summed E-state index contributed by atoms with van der Waals surface area (Å²) in [6.07, 6.45) is 0. The number of hydrogen-bond donors (Lipinski definition) is 1. The van der Waals surface area contributed by atoms with Crippen LogP contribution in [-0.2, 0) is 14.4 Å². The van der Waals surface area contributed by atoms with E-state index in [1.54, 1.807) is 31.2 Å². The first-order valence-electron chi connectivity index (χ1n) is 6.41. The summed E-state index contributed by atoms with van der Waals surface area (Å²) in [5.41, 5.74) is 0.554. The van der Waals surface area contributed by atoms with Gasteiger partial charge < -0.3 is 10.1 Å². The largest absolute Gasteiger partial charge is 0.497 e. The number of hydrogen-bond acceptors (Lipinski definition) is 5. The summed E-state index contributed by atoms with van der Waals surface area (Å²) in [7, 11) is 1.53. The van der Waals surface area contributed by atoms with Gasteiger partial charge in [0, 0.05) is 11.8 Å². The molecule has 7 heteroatoms. The fourth-order valence-corrected chi connectivity index (χ4v) is 2.72. The van der Waals surface area contributed by atoms with Crippen molar-refractivity contribution < 1.29 is 19.1 Å². The molecule has 6 nitrogen and oxygen atoms in total. The van der Waals surface area contributed by atoms with Gasteiger partial charge in [-0.1, -0.05) is 6.07 Å². The number of methoxy groups -OCH3 is 1. The Balaban J connectivity index is 2.00. The van der Waals surface area contributed by atoms with Crippen molar-refractivity contribution in [2.45, 2.75) is 12.2 Å². The minimum Gasteiger partial charge on any atom is -0.497 e. The molecule has 1 aliphatic rings. The van der Waals surface area contributed by atoms with E-state index in [1.165, 1.54) is 18.9 Å². The maximum Gasteiger partial charge on any atom is 0.244 e. The van der Waals surface area contributed by atoms with Crippen molar-refractivity contribution in [1.29, 1.82) is 0 Å². The molecule has 0 spiro atoms. The van der Waals surface area contributed by atoms with Crippen LogP contribution >= 0.6 is 11.8 Å². The van der Waals surface area contributed by atoms with Gasteiger partial charge in [-0.2, -0.15) is 0 Å². The molecule has 0 aliphatic carbocycles. The summed E-state index contributed by atoms with van der Waals surface area (Å²) in [4.78, 5) is 36.6. The highest BCUT2D eigenvalue weighted by atomic mass is 32.2. The quantitative estimate of drug-likeness (QED) is 0.844. The number of carbonyl (C=O) groups excluding carboxylic acids is 3. The molecule has 2 rings (SSSR count). The Bertz CT molecular complexity index is 576. The SMILES string of the molecule is COc1cccc(NC(=O)CN2C(=O)CS[C@@H](C)C2=O)c1. The van der Waals surface area contributed by atoms with Crippen LogP contribution < -0.4 is 10.1 Å². The van der Waals surface area contributed by atoms with Gasteiger partial charge in [0.25, 0.3) is 0 Å². The lowest BCUT2D eigenvalue weighted by atomic mass is 10.3. The van der Waals surface area contributed by atoms with E-state index in [9.17, 15) is 14.4 Å². The first-order valence-corrected chi connectivity index (χ1v) is 7.46. The van der Waals surface area contributed by atoms with Gasteiger partial charge in [0.15, 0.2) is 0 Å². The maximum atomic E-state index is 12.0. The molecule has 1 heterocycles. The molecule has 1 atom stereocenters. The predicted octanol–water partition coefficient (Wildman–Crippen LogP) is 1.12. The Morgan fingerprint density at radius 1 is 1.48 bits per heavy atom. The highest BCUT2D eigenvalue weighted by Crippen LogP contribution is 2.21. The number of rotatable bonds is 4. The molecule has 1 N–H and O–H groups in total. The molecule has 0 bridgehead atoms.